The predicted octanol–water partition coefficient (Wildman–Crippen LogP) is 1.76. The molecule has 19 heavy (non-hydrogen) atoms. The van der Waals surface area contributed by atoms with Crippen molar-refractivity contribution in [3.63, 3.8) is 0 Å². The number of imidazole rings is 1. The van der Waals surface area contributed by atoms with Gasteiger partial charge in [0.05, 0.1) is 25.6 Å². The molecule has 1 heterocycles. The van der Waals surface area contributed by atoms with Gasteiger partial charge in [-0.05, 0) is 18.1 Å². The average Bonchev–Trinajstić information content (AvgIpc) is 2.83. The maximum Gasteiger partial charge on any atom is 0.309 e. The molecule has 0 aliphatic rings. The molecule has 0 amide bonds. The van der Waals surface area contributed by atoms with Crippen LogP contribution in [0.2, 0.25) is 0 Å². The normalized spacial score (nSPS) is 10.4. The van der Waals surface area contributed by atoms with Gasteiger partial charge in [0.25, 0.3) is 0 Å². The highest BCUT2D eigenvalue weighted by Crippen LogP contribution is 2.18. The second-order valence-corrected chi connectivity index (χ2v) is 4.24. The number of rotatable bonds is 6. The minimum Gasteiger partial charge on any atom is -0.496 e. The molecular formula is C14H16N2O3. The van der Waals surface area contributed by atoms with Gasteiger partial charge in [-0.3, -0.25) is 4.79 Å². The van der Waals surface area contributed by atoms with Crippen molar-refractivity contribution in [3.05, 3.63) is 48.0 Å². The van der Waals surface area contributed by atoms with Crippen molar-refractivity contribution in [3.8, 4) is 5.75 Å². The van der Waals surface area contributed by atoms with Crippen LogP contribution in [0.5, 0.6) is 5.75 Å². The Morgan fingerprint density at radius 3 is 2.95 bits per heavy atom. The molecule has 0 fully saturated rings. The fourth-order valence-corrected chi connectivity index (χ4v) is 1.93. The molecule has 2 aromatic rings. The summed E-state index contributed by atoms with van der Waals surface area (Å²) in [4.78, 5) is 14.6. The second-order valence-electron chi connectivity index (χ2n) is 4.24. The number of carboxylic acids is 1. The number of aliphatic carboxylic acids is 1. The molecule has 2 rings (SSSR count). The smallest absolute Gasteiger partial charge is 0.309 e. The molecule has 1 aromatic carbocycles. The van der Waals surface area contributed by atoms with E-state index in [4.69, 9.17) is 9.84 Å². The van der Waals surface area contributed by atoms with Crippen molar-refractivity contribution in [2.45, 2.75) is 19.4 Å². The Labute approximate surface area is 111 Å². The highest BCUT2D eigenvalue weighted by atomic mass is 16.5. The first-order chi connectivity index (χ1) is 9.19. The molecule has 0 aliphatic carbocycles. The fourth-order valence-electron chi connectivity index (χ4n) is 1.93. The van der Waals surface area contributed by atoms with Crippen LogP contribution < -0.4 is 4.74 Å². The van der Waals surface area contributed by atoms with Crippen molar-refractivity contribution in [2.75, 3.05) is 7.11 Å². The van der Waals surface area contributed by atoms with Gasteiger partial charge in [0.2, 0.25) is 0 Å². The molecule has 0 aliphatic heterocycles. The van der Waals surface area contributed by atoms with Crippen LogP contribution in [0.4, 0.5) is 0 Å². The van der Waals surface area contributed by atoms with Crippen molar-refractivity contribution in [2.24, 2.45) is 0 Å². The number of nitrogens with zero attached hydrogens (tertiary/aromatic N) is 2. The minimum atomic E-state index is -0.866. The van der Waals surface area contributed by atoms with Gasteiger partial charge in [-0.15, -0.1) is 0 Å². The van der Waals surface area contributed by atoms with Crippen LogP contribution in [0, 0.1) is 0 Å². The second kappa shape index (κ2) is 6.04. The quantitative estimate of drug-likeness (QED) is 0.859. The lowest BCUT2D eigenvalue weighted by Crippen LogP contribution is -2.02. The first-order valence-corrected chi connectivity index (χ1v) is 6.03. The number of methoxy groups -OCH3 is 1. The van der Waals surface area contributed by atoms with E-state index in [0.29, 0.717) is 5.69 Å². The number of carboxylic acid groups (broad SMARTS) is 1. The van der Waals surface area contributed by atoms with Crippen molar-refractivity contribution >= 4 is 5.97 Å². The van der Waals surface area contributed by atoms with Gasteiger partial charge in [0.1, 0.15) is 5.75 Å². The van der Waals surface area contributed by atoms with Gasteiger partial charge < -0.3 is 14.4 Å². The molecular weight excluding hydrogens is 244 g/mol. The van der Waals surface area contributed by atoms with Crippen LogP contribution in [0.3, 0.4) is 0 Å². The monoisotopic (exact) mass is 260 g/mol. The van der Waals surface area contributed by atoms with Gasteiger partial charge in [0, 0.05) is 12.7 Å². The van der Waals surface area contributed by atoms with E-state index in [1.807, 2.05) is 28.8 Å². The predicted molar refractivity (Wildman–Crippen MR) is 70.3 cm³/mol. The summed E-state index contributed by atoms with van der Waals surface area (Å²) < 4.78 is 7.18. The third-order valence-corrected chi connectivity index (χ3v) is 2.85. The Morgan fingerprint density at radius 2 is 2.21 bits per heavy atom. The highest BCUT2D eigenvalue weighted by Gasteiger charge is 2.05. The van der Waals surface area contributed by atoms with E-state index in [1.165, 1.54) is 0 Å². The van der Waals surface area contributed by atoms with E-state index in [0.717, 1.165) is 24.3 Å². The lowest BCUT2D eigenvalue weighted by atomic mass is 10.1. The Hall–Kier alpha value is -2.30. The minimum absolute atomic E-state index is 0.0400. The highest BCUT2D eigenvalue weighted by molar-refractivity contribution is 5.69. The van der Waals surface area contributed by atoms with E-state index >= 15 is 0 Å². The Kier molecular flexibility index (Phi) is 4.18. The van der Waals surface area contributed by atoms with E-state index in [9.17, 15) is 4.79 Å². The first-order valence-electron chi connectivity index (χ1n) is 6.03. The summed E-state index contributed by atoms with van der Waals surface area (Å²) >= 11 is 0. The third-order valence-electron chi connectivity index (χ3n) is 2.85. The molecule has 5 nitrogen and oxygen atoms in total. The maximum absolute atomic E-state index is 10.6. The molecule has 0 atom stereocenters. The number of benzene rings is 1. The van der Waals surface area contributed by atoms with Gasteiger partial charge in [0.15, 0.2) is 0 Å². The van der Waals surface area contributed by atoms with Crippen molar-refractivity contribution in [1.29, 1.82) is 0 Å². The zero-order chi connectivity index (χ0) is 13.7. The Balaban J connectivity index is 1.98. The molecule has 0 radical (unpaired) electrons. The molecule has 0 bridgehead atoms. The molecule has 0 saturated heterocycles. The number of hydrogen-bond donors (Lipinski definition) is 1. The molecule has 1 aromatic heterocycles. The summed E-state index contributed by atoms with van der Waals surface area (Å²) in [6, 6.07) is 7.86. The van der Waals surface area contributed by atoms with Crippen LogP contribution in [0.1, 0.15) is 11.3 Å². The number of carbonyl (C=O) groups is 1. The van der Waals surface area contributed by atoms with Crippen LogP contribution in [-0.4, -0.2) is 27.7 Å². The molecule has 0 unspecified atom stereocenters. The maximum atomic E-state index is 10.6. The standard InChI is InChI=1S/C14H16N2O3/c1-19-13-5-3-2-4-11(13)6-7-16-9-12(15-10-16)8-14(17)18/h2-5,9-10H,6-8H2,1H3,(H,17,18). The van der Waals surface area contributed by atoms with Crippen molar-refractivity contribution in [1.82, 2.24) is 9.55 Å². The number of aromatic nitrogens is 2. The molecule has 0 saturated carbocycles. The summed E-state index contributed by atoms with van der Waals surface area (Å²) in [5.74, 6) is 0.00310. The molecule has 100 valence electrons. The molecule has 5 heteroatoms. The lowest BCUT2D eigenvalue weighted by molar-refractivity contribution is -0.136. The number of hydrogen-bond acceptors (Lipinski definition) is 3. The van der Waals surface area contributed by atoms with Crippen LogP contribution in [0.25, 0.3) is 0 Å². The van der Waals surface area contributed by atoms with Crippen LogP contribution in [0.15, 0.2) is 36.8 Å². The average molecular weight is 260 g/mol. The summed E-state index contributed by atoms with van der Waals surface area (Å²) in [7, 11) is 1.65. The SMILES string of the molecule is COc1ccccc1CCn1cnc(CC(=O)O)c1. The number of ether oxygens (including phenoxy) is 1. The van der Waals surface area contributed by atoms with Crippen molar-refractivity contribution < 1.29 is 14.6 Å². The topological polar surface area (TPSA) is 64.4 Å². The number of aryl methyl sites for hydroxylation is 2. The summed E-state index contributed by atoms with van der Waals surface area (Å²) in [6.45, 7) is 0.743. The zero-order valence-corrected chi connectivity index (χ0v) is 10.7. The Bertz CT molecular complexity index is 563. The van der Waals surface area contributed by atoms with Gasteiger partial charge in [-0.1, -0.05) is 18.2 Å². The zero-order valence-electron chi connectivity index (χ0n) is 10.7. The van der Waals surface area contributed by atoms with Gasteiger partial charge >= 0.3 is 5.97 Å². The van der Waals surface area contributed by atoms with Crippen LogP contribution in [-0.2, 0) is 24.2 Å². The van der Waals surface area contributed by atoms with Gasteiger partial charge in [-0.2, -0.15) is 0 Å². The van der Waals surface area contributed by atoms with Crippen LogP contribution >= 0.6 is 0 Å². The molecule has 1 N–H and O–H groups in total. The van der Waals surface area contributed by atoms with Gasteiger partial charge in [-0.25, -0.2) is 4.98 Å². The van der Waals surface area contributed by atoms with E-state index in [2.05, 4.69) is 4.98 Å². The molecule has 0 spiro atoms. The fraction of sp³-hybridized carbons (Fsp3) is 0.286. The van der Waals surface area contributed by atoms with E-state index in [-0.39, 0.29) is 6.42 Å². The first kappa shape index (κ1) is 13.1. The Morgan fingerprint density at radius 1 is 1.42 bits per heavy atom. The lowest BCUT2D eigenvalue weighted by Gasteiger charge is -2.08. The largest absolute Gasteiger partial charge is 0.496 e. The van der Waals surface area contributed by atoms with E-state index in [1.54, 1.807) is 19.6 Å². The van der Waals surface area contributed by atoms with E-state index < -0.39 is 5.97 Å². The summed E-state index contributed by atoms with van der Waals surface area (Å²) in [5, 5.41) is 8.69. The number of para-hydroxylation sites is 1. The summed E-state index contributed by atoms with van der Waals surface area (Å²) in [5.41, 5.74) is 1.70. The third kappa shape index (κ3) is 3.58. The summed E-state index contributed by atoms with van der Waals surface area (Å²) in [6.07, 6.45) is 4.20.